The van der Waals surface area contributed by atoms with Crippen LogP contribution in [0, 0.1) is 0 Å². The van der Waals surface area contributed by atoms with Crippen LogP contribution in [0.15, 0.2) is 42.5 Å². The maximum Gasteiger partial charge on any atom is 0.302 e. The number of hydrogen-bond acceptors (Lipinski definition) is 6. The molecule has 2 aromatic rings. The number of ketones is 1. The van der Waals surface area contributed by atoms with Crippen molar-refractivity contribution < 1.29 is 28.5 Å². The molecule has 2 heterocycles. The van der Waals surface area contributed by atoms with Crippen LogP contribution in [0.1, 0.15) is 49.0 Å². The van der Waals surface area contributed by atoms with Gasteiger partial charge in [0.05, 0.1) is 25.4 Å². The van der Waals surface area contributed by atoms with Crippen LogP contribution in [-0.4, -0.2) is 43.8 Å². The van der Waals surface area contributed by atoms with Crippen LogP contribution in [-0.2, 0) is 30.2 Å². The minimum absolute atomic E-state index is 0.0828. The Kier molecular flexibility index (Phi) is 7.45. The smallest absolute Gasteiger partial charge is 0.302 e. The molecule has 32 heavy (non-hydrogen) atoms. The molecular formula is C25H27ClO6. The molecule has 4 rings (SSSR count). The van der Waals surface area contributed by atoms with Crippen molar-refractivity contribution in [3.63, 3.8) is 0 Å². The maximum absolute atomic E-state index is 12.2. The van der Waals surface area contributed by atoms with E-state index in [1.807, 2.05) is 42.5 Å². The van der Waals surface area contributed by atoms with Gasteiger partial charge in [0.15, 0.2) is 0 Å². The summed E-state index contributed by atoms with van der Waals surface area (Å²) in [4.78, 5) is 23.3. The summed E-state index contributed by atoms with van der Waals surface area (Å²) in [5, 5.41) is 0.663. The van der Waals surface area contributed by atoms with Gasteiger partial charge in [-0.15, -0.1) is 0 Å². The fourth-order valence-electron chi connectivity index (χ4n) is 4.01. The van der Waals surface area contributed by atoms with E-state index in [2.05, 4.69) is 0 Å². The molecular weight excluding hydrogens is 432 g/mol. The molecule has 0 radical (unpaired) electrons. The maximum atomic E-state index is 12.2. The van der Waals surface area contributed by atoms with E-state index in [1.165, 1.54) is 6.92 Å². The lowest BCUT2D eigenvalue weighted by molar-refractivity contribution is -0.155. The molecule has 2 aliphatic rings. The molecule has 170 valence electrons. The van der Waals surface area contributed by atoms with E-state index in [0.29, 0.717) is 24.5 Å². The van der Waals surface area contributed by atoms with Gasteiger partial charge < -0.3 is 18.9 Å². The first-order valence-corrected chi connectivity index (χ1v) is 11.3. The van der Waals surface area contributed by atoms with E-state index in [0.717, 1.165) is 35.5 Å². The predicted molar refractivity (Wildman–Crippen MR) is 119 cm³/mol. The highest BCUT2D eigenvalue weighted by Gasteiger charge is 2.30. The number of halogens is 1. The molecule has 0 saturated carbocycles. The fourth-order valence-corrected chi connectivity index (χ4v) is 4.20. The van der Waals surface area contributed by atoms with E-state index >= 15 is 0 Å². The molecule has 2 fully saturated rings. The second kappa shape index (κ2) is 10.5. The number of rotatable bonds is 7. The van der Waals surface area contributed by atoms with E-state index in [4.69, 9.17) is 30.5 Å². The summed E-state index contributed by atoms with van der Waals surface area (Å²) in [7, 11) is 0. The zero-order chi connectivity index (χ0) is 22.5. The summed E-state index contributed by atoms with van der Waals surface area (Å²) in [6.07, 6.45) is 1.43. The van der Waals surface area contributed by atoms with Crippen LogP contribution in [0.3, 0.4) is 0 Å². The summed E-state index contributed by atoms with van der Waals surface area (Å²) in [6, 6.07) is 13.7. The van der Waals surface area contributed by atoms with E-state index in [-0.39, 0.29) is 37.0 Å². The minimum Gasteiger partial charge on any atom is -0.488 e. The molecule has 2 saturated heterocycles. The summed E-state index contributed by atoms with van der Waals surface area (Å²) in [6.45, 7) is 2.81. The minimum atomic E-state index is -0.429. The Hall–Kier alpha value is -2.41. The number of Topliss-reactive ketones (excluding diaryl/α,β-unsaturated/α-hetero) is 1. The second-order valence-corrected chi connectivity index (χ2v) is 8.68. The first-order valence-electron chi connectivity index (χ1n) is 10.9. The SMILES string of the molecule is CC(=O)OC[C@@H]1CC(=O)C[C@H](c2ccc(Cl)c(Cc3ccc(O[C@H]4CCOC4)cc3)c2)O1. The van der Waals surface area contributed by atoms with Crippen molar-refractivity contribution in [3.05, 3.63) is 64.2 Å². The van der Waals surface area contributed by atoms with Crippen molar-refractivity contribution in [2.24, 2.45) is 0 Å². The van der Waals surface area contributed by atoms with Crippen molar-refractivity contribution in [1.29, 1.82) is 0 Å². The molecule has 2 aliphatic heterocycles. The van der Waals surface area contributed by atoms with Gasteiger partial charge in [-0.05, 0) is 41.3 Å². The number of esters is 1. The van der Waals surface area contributed by atoms with E-state index in [1.54, 1.807) is 0 Å². The zero-order valence-corrected chi connectivity index (χ0v) is 18.8. The van der Waals surface area contributed by atoms with Gasteiger partial charge in [0.25, 0.3) is 0 Å². The number of benzene rings is 2. The van der Waals surface area contributed by atoms with Gasteiger partial charge in [0, 0.05) is 31.2 Å². The van der Waals surface area contributed by atoms with Gasteiger partial charge in [0.1, 0.15) is 24.2 Å². The average Bonchev–Trinajstić information content (AvgIpc) is 3.28. The molecule has 0 bridgehead atoms. The van der Waals surface area contributed by atoms with Crippen molar-refractivity contribution in [3.8, 4) is 5.75 Å². The van der Waals surface area contributed by atoms with Crippen molar-refractivity contribution >= 4 is 23.4 Å². The summed E-state index contributed by atoms with van der Waals surface area (Å²) < 4.78 is 22.4. The highest BCUT2D eigenvalue weighted by Crippen LogP contribution is 2.32. The molecule has 7 heteroatoms. The standard InChI is InChI=1S/C25H27ClO6/c1-16(27)30-15-23-12-20(28)13-25(32-23)18-4-7-24(26)19(11-18)10-17-2-5-21(6-3-17)31-22-8-9-29-14-22/h2-7,11,22-23,25H,8-10,12-15H2,1H3/t22-,23-,25+/m0/s1. The molecule has 0 spiro atoms. The Bertz CT molecular complexity index is 951. The predicted octanol–water partition coefficient (Wildman–Crippen LogP) is 4.45. The van der Waals surface area contributed by atoms with Gasteiger partial charge in [-0.3, -0.25) is 9.59 Å². The fraction of sp³-hybridized carbons (Fsp3) is 0.440. The quantitative estimate of drug-likeness (QED) is 0.571. The number of carbonyl (C=O) groups excluding carboxylic acids is 2. The third-order valence-corrected chi connectivity index (χ3v) is 6.02. The Balaban J connectivity index is 1.43. The van der Waals surface area contributed by atoms with Crippen molar-refractivity contribution in [2.75, 3.05) is 19.8 Å². The number of ether oxygens (including phenoxy) is 4. The van der Waals surface area contributed by atoms with E-state index < -0.39 is 6.10 Å². The highest BCUT2D eigenvalue weighted by atomic mass is 35.5. The lowest BCUT2D eigenvalue weighted by Gasteiger charge is -2.29. The van der Waals surface area contributed by atoms with Gasteiger partial charge in [-0.25, -0.2) is 0 Å². The number of hydrogen-bond donors (Lipinski definition) is 0. The van der Waals surface area contributed by atoms with Gasteiger partial charge in [-0.1, -0.05) is 35.9 Å². The first kappa shape index (κ1) is 22.8. The number of carbonyl (C=O) groups is 2. The second-order valence-electron chi connectivity index (χ2n) is 8.27. The highest BCUT2D eigenvalue weighted by molar-refractivity contribution is 6.31. The Morgan fingerprint density at radius 2 is 1.97 bits per heavy atom. The van der Waals surface area contributed by atoms with Crippen molar-refractivity contribution in [1.82, 2.24) is 0 Å². The Morgan fingerprint density at radius 1 is 1.16 bits per heavy atom. The van der Waals surface area contributed by atoms with E-state index in [9.17, 15) is 9.59 Å². The average molecular weight is 459 g/mol. The lowest BCUT2D eigenvalue weighted by Crippen LogP contribution is -2.32. The Labute approximate surface area is 192 Å². The van der Waals surface area contributed by atoms with Crippen LogP contribution in [0.2, 0.25) is 5.02 Å². The first-order chi connectivity index (χ1) is 15.5. The third kappa shape index (κ3) is 6.09. The van der Waals surface area contributed by atoms with Crippen LogP contribution in [0.5, 0.6) is 5.75 Å². The van der Waals surface area contributed by atoms with Gasteiger partial charge >= 0.3 is 5.97 Å². The molecule has 0 N–H and O–H groups in total. The summed E-state index contributed by atoms with van der Waals surface area (Å²) in [5.74, 6) is 0.542. The molecule has 6 nitrogen and oxygen atoms in total. The Morgan fingerprint density at radius 3 is 2.69 bits per heavy atom. The molecule has 2 aromatic carbocycles. The molecule has 0 aromatic heterocycles. The van der Waals surface area contributed by atoms with Crippen LogP contribution >= 0.6 is 11.6 Å². The van der Waals surface area contributed by atoms with Gasteiger partial charge in [-0.2, -0.15) is 0 Å². The largest absolute Gasteiger partial charge is 0.488 e. The normalized spacial score (nSPS) is 23.2. The summed E-state index contributed by atoms with van der Waals surface area (Å²) in [5.41, 5.74) is 2.96. The van der Waals surface area contributed by atoms with Crippen LogP contribution < -0.4 is 4.74 Å². The monoisotopic (exact) mass is 458 g/mol. The third-order valence-electron chi connectivity index (χ3n) is 5.65. The lowest BCUT2D eigenvalue weighted by atomic mass is 9.95. The molecule has 0 aliphatic carbocycles. The molecule has 0 amide bonds. The zero-order valence-electron chi connectivity index (χ0n) is 18.1. The molecule has 3 atom stereocenters. The molecule has 0 unspecified atom stereocenters. The van der Waals surface area contributed by atoms with Crippen LogP contribution in [0.25, 0.3) is 0 Å². The van der Waals surface area contributed by atoms with Crippen molar-refractivity contribution in [2.45, 2.75) is 50.9 Å². The van der Waals surface area contributed by atoms with Gasteiger partial charge in [0.2, 0.25) is 0 Å². The summed E-state index contributed by atoms with van der Waals surface area (Å²) >= 11 is 6.47. The topological polar surface area (TPSA) is 71.1 Å². The van der Waals surface area contributed by atoms with Crippen LogP contribution in [0.4, 0.5) is 0 Å².